The summed E-state index contributed by atoms with van der Waals surface area (Å²) in [4.78, 5) is 0. The van der Waals surface area contributed by atoms with Gasteiger partial charge in [0.1, 0.15) is 0 Å². The number of aliphatic hydroxyl groups is 1. The molecule has 1 aromatic rings. The maximum absolute atomic E-state index is 9.13. The van der Waals surface area contributed by atoms with Crippen LogP contribution in [0.1, 0.15) is 35.6 Å². The number of aliphatic hydroxyl groups excluding tert-OH is 1. The molecule has 0 spiro atoms. The SMILES string of the molecule is Cc1cc(C)c(CCC(C)(N)CO)c(C)c1. The number of hydrogen-bond acceptors (Lipinski definition) is 2. The molecular weight excluding hydrogens is 198 g/mol. The number of aryl methyl sites for hydroxylation is 3. The van der Waals surface area contributed by atoms with Crippen molar-refractivity contribution in [1.29, 1.82) is 0 Å². The fourth-order valence-electron chi connectivity index (χ4n) is 2.09. The lowest BCUT2D eigenvalue weighted by Crippen LogP contribution is -2.40. The Balaban J connectivity index is 2.82. The van der Waals surface area contributed by atoms with E-state index in [0.29, 0.717) is 0 Å². The van der Waals surface area contributed by atoms with Crippen LogP contribution in [0.2, 0.25) is 0 Å². The van der Waals surface area contributed by atoms with E-state index in [9.17, 15) is 0 Å². The highest BCUT2D eigenvalue weighted by Gasteiger charge is 2.17. The van der Waals surface area contributed by atoms with Gasteiger partial charge in [0.25, 0.3) is 0 Å². The van der Waals surface area contributed by atoms with Gasteiger partial charge in [-0.25, -0.2) is 0 Å². The lowest BCUT2D eigenvalue weighted by Gasteiger charge is -2.22. The van der Waals surface area contributed by atoms with E-state index in [1.165, 1.54) is 22.3 Å². The van der Waals surface area contributed by atoms with Crippen molar-refractivity contribution < 1.29 is 5.11 Å². The van der Waals surface area contributed by atoms with E-state index < -0.39 is 5.54 Å². The van der Waals surface area contributed by atoms with Crippen molar-refractivity contribution in [1.82, 2.24) is 0 Å². The maximum Gasteiger partial charge on any atom is 0.0608 e. The topological polar surface area (TPSA) is 46.2 Å². The predicted octanol–water partition coefficient (Wildman–Crippen LogP) is 2.25. The van der Waals surface area contributed by atoms with E-state index in [-0.39, 0.29) is 6.61 Å². The Morgan fingerprint density at radius 3 is 2.12 bits per heavy atom. The molecule has 0 saturated carbocycles. The summed E-state index contributed by atoms with van der Waals surface area (Å²) in [6.07, 6.45) is 1.75. The van der Waals surface area contributed by atoms with Gasteiger partial charge in [-0.3, -0.25) is 0 Å². The van der Waals surface area contributed by atoms with E-state index >= 15 is 0 Å². The third-order valence-corrected chi connectivity index (χ3v) is 3.15. The summed E-state index contributed by atoms with van der Waals surface area (Å²) in [6, 6.07) is 4.41. The fraction of sp³-hybridized carbons (Fsp3) is 0.571. The number of benzene rings is 1. The van der Waals surface area contributed by atoms with Crippen LogP contribution in [0.4, 0.5) is 0 Å². The van der Waals surface area contributed by atoms with Gasteiger partial charge in [0, 0.05) is 5.54 Å². The molecule has 2 nitrogen and oxygen atoms in total. The molecule has 0 aliphatic heterocycles. The van der Waals surface area contributed by atoms with Crippen LogP contribution in [0.25, 0.3) is 0 Å². The third-order valence-electron chi connectivity index (χ3n) is 3.15. The van der Waals surface area contributed by atoms with Gasteiger partial charge < -0.3 is 10.8 Å². The number of nitrogens with two attached hydrogens (primary N) is 1. The van der Waals surface area contributed by atoms with Crippen molar-refractivity contribution in [2.45, 2.75) is 46.1 Å². The van der Waals surface area contributed by atoms with Crippen LogP contribution in [-0.2, 0) is 6.42 Å². The van der Waals surface area contributed by atoms with Crippen molar-refractivity contribution in [3.8, 4) is 0 Å². The van der Waals surface area contributed by atoms with E-state index in [1.54, 1.807) is 0 Å². The Hall–Kier alpha value is -0.860. The van der Waals surface area contributed by atoms with Crippen molar-refractivity contribution in [3.05, 3.63) is 34.4 Å². The molecule has 0 radical (unpaired) electrons. The molecule has 2 heteroatoms. The maximum atomic E-state index is 9.13. The molecule has 0 heterocycles. The number of rotatable bonds is 4. The molecule has 3 N–H and O–H groups in total. The van der Waals surface area contributed by atoms with E-state index in [1.807, 2.05) is 6.92 Å². The van der Waals surface area contributed by atoms with Crippen molar-refractivity contribution in [2.24, 2.45) is 5.73 Å². The lowest BCUT2D eigenvalue weighted by molar-refractivity contribution is 0.200. The summed E-state index contributed by atoms with van der Waals surface area (Å²) in [5.74, 6) is 0. The van der Waals surface area contributed by atoms with Crippen LogP contribution in [0, 0.1) is 20.8 Å². The Kier molecular flexibility index (Phi) is 4.11. The highest BCUT2D eigenvalue weighted by Crippen LogP contribution is 2.20. The van der Waals surface area contributed by atoms with Gasteiger partial charge in [-0.2, -0.15) is 0 Å². The van der Waals surface area contributed by atoms with Crippen molar-refractivity contribution >= 4 is 0 Å². The minimum absolute atomic E-state index is 0.0386. The van der Waals surface area contributed by atoms with E-state index in [0.717, 1.165) is 12.8 Å². The summed E-state index contributed by atoms with van der Waals surface area (Å²) < 4.78 is 0. The summed E-state index contributed by atoms with van der Waals surface area (Å²) >= 11 is 0. The molecule has 0 aliphatic rings. The third kappa shape index (κ3) is 3.32. The van der Waals surface area contributed by atoms with E-state index in [2.05, 4.69) is 32.9 Å². The van der Waals surface area contributed by atoms with Crippen molar-refractivity contribution in [2.75, 3.05) is 6.61 Å². The summed E-state index contributed by atoms with van der Waals surface area (Å²) in [5.41, 5.74) is 10.8. The van der Waals surface area contributed by atoms with Gasteiger partial charge in [-0.15, -0.1) is 0 Å². The molecule has 0 aliphatic carbocycles. The van der Waals surface area contributed by atoms with Gasteiger partial charge in [0.15, 0.2) is 0 Å². The van der Waals surface area contributed by atoms with Crippen LogP contribution in [0.15, 0.2) is 12.1 Å². The highest BCUT2D eigenvalue weighted by atomic mass is 16.3. The molecule has 1 unspecified atom stereocenters. The summed E-state index contributed by atoms with van der Waals surface area (Å²) in [6.45, 7) is 8.33. The van der Waals surface area contributed by atoms with Crippen molar-refractivity contribution in [3.63, 3.8) is 0 Å². The second kappa shape index (κ2) is 4.98. The molecule has 0 fully saturated rings. The van der Waals surface area contributed by atoms with Crippen LogP contribution >= 0.6 is 0 Å². The normalized spacial score (nSPS) is 14.9. The molecule has 16 heavy (non-hydrogen) atoms. The monoisotopic (exact) mass is 221 g/mol. The number of hydrogen-bond donors (Lipinski definition) is 2. The van der Waals surface area contributed by atoms with Gasteiger partial charge in [-0.05, 0) is 57.2 Å². The van der Waals surface area contributed by atoms with Gasteiger partial charge in [0.2, 0.25) is 0 Å². The van der Waals surface area contributed by atoms with Gasteiger partial charge in [0.05, 0.1) is 6.61 Å². The first kappa shape index (κ1) is 13.2. The zero-order valence-corrected chi connectivity index (χ0v) is 10.8. The Morgan fingerprint density at radius 2 is 1.69 bits per heavy atom. The molecule has 1 aromatic carbocycles. The summed E-state index contributed by atoms with van der Waals surface area (Å²) in [5, 5.41) is 9.13. The fourth-order valence-corrected chi connectivity index (χ4v) is 2.09. The zero-order valence-electron chi connectivity index (χ0n) is 10.8. The Morgan fingerprint density at radius 1 is 1.19 bits per heavy atom. The quantitative estimate of drug-likeness (QED) is 0.819. The van der Waals surface area contributed by atoms with Crippen LogP contribution in [-0.4, -0.2) is 17.3 Å². The molecule has 0 aromatic heterocycles. The molecule has 1 atom stereocenters. The van der Waals surface area contributed by atoms with Gasteiger partial charge >= 0.3 is 0 Å². The largest absolute Gasteiger partial charge is 0.394 e. The Bertz CT molecular complexity index is 346. The van der Waals surface area contributed by atoms with E-state index in [4.69, 9.17) is 10.8 Å². The summed E-state index contributed by atoms with van der Waals surface area (Å²) in [7, 11) is 0. The molecule has 0 amide bonds. The predicted molar refractivity (Wildman–Crippen MR) is 68.7 cm³/mol. The minimum atomic E-state index is -0.468. The van der Waals surface area contributed by atoms with Crippen LogP contribution in [0.3, 0.4) is 0 Å². The van der Waals surface area contributed by atoms with Crippen LogP contribution in [0.5, 0.6) is 0 Å². The Labute approximate surface area is 98.5 Å². The smallest absolute Gasteiger partial charge is 0.0608 e. The highest BCUT2D eigenvalue weighted by molar-refractivity contribution is 5.37. The molecule has 0 bridgehead atoms. The first-order chi connectivity index (χ1) is 7.35. The van der Waals surface area contributed by atoms with Crippen LogP contribution < -0.4 is 5.73 Å². The lowest BCUT2D eigenvalue weighted by atomic mass is 9.90. The average Bonchev–Trinajstić information content (AvgIpc) is 2.16. The minimum Gasteiger partial charge on any atom is -0.394 e. The first-order valence-electron chi connectivity index (χ1n) is 5.82. The van der Waals surface area contributed by atoms with Gasteiger partial charge in [-0.1, -0.05) is 17.7 Å². The molecular formula is C14H23NO. The second-order valence-electron chi connectivity index (χ2n) is 5.19. The second-order valence-corrected chi connectivity index (χ2v) is 5.19. The standard InChI is InChI=1S/C14H23NO/c1-10-7-11(2)13(12(3)8-10)5-6-14(4,15)9-16/h7-8,16H,5-6,9,15H2,1-4H3. The molecule has 0 saturated heterocycles. The zero-order chi connectivity index (χ0) is 12.3. The first-order valence-corrected chi connectivity index (χ1v) is 5.82. The molecule has 1 rings (SSSR count). The average molecular weight is 221 g/mol. The molecule has 90 valence electrons.